The van der Waals surface area contributed by atoms with Crippen LogP contribution in [0.5, 0.6) is 0 Å². The first kappa shape index (κ1) is 65.5. The van der Waals surface area contributed by atoms with Crippen molar-refractivity contribution in [3.8, 4) is 0 Å². The molecule has 2 N–H and O–H groups in total. The molecule has 394 valence electrons. The van der Waals surface area contributed by atoms with Crippen LogP contribution in [0.2, 0.25) is 0 Å². The van der Waals surface area contributed by atoms with Gasteiger partial charge in [0.25, 0.3) is 7.82 Å². The average molecular weight is 964 g/mol. The Kier molecular flexibility index (Phi) is 48.3. The summed E-state index contributed by atoms with van der Waals surface area (Å²) in [7, 11) is 1.31. The lowest BCUT2D eigenvalue weighted by molar-refractivity contribution is -0.870. The van der Waals surface area contributed by atoms with Crippen molar-refractivity contribution in [3.05, 3.63) is 48.6 Å². The smallest absolute Gasteiger partial charge is 0.268 e. The summed E-state index contributed by atoms with van der Waals surface area (Å²) in [6.45, 7) is 4.62. The Morgan fingerprint density at radius 1 is 0.537 bits per heavy atom. The zero-order valence-electron chi connectivity index (χ0n) is 44.9. The SMILES string of the molecule is CC/C=C\C/C=C\C/C=C\C/C=C\CCCCCCCCCCCCCCCCCCCCCCC(=O)NC(COP(=O)([O-])OCC[N+](C)(C)C)C(O)CCCCCCCCCCCCCC. The number of carbonyl (C=O) groups is 1. The molecule has 0 spiro atoms. The van der Waals surface area contributed by atoms with E-state index in [1.54, 1.807) is 0 Å². The fraction of sp³-hybridized carbons (Fsp3) is 0.845. The third-order valence-electron chi connectivity index (χ3n) is 12.8. The molecule has 0 heterocycles. The van der Waals surface area contributed by atoms with Gasteiger partial charge < -0.3 is 28.8 Å². The number of rotatable bonds is 52. The quantitative estimate of drug-likeness (QED) is 0.0272. The lowest BCUT2D eigenvalue weighted by Crippen LogP contribution is -2.46. The lowest BCUT2D eigenvalue weighted by Gasteiger charge is -2.30. The van der Waals surface area contributed by atoms with Crippen LogP contribution in [0.25, 0.3) is 0 Å². The van der Waals surface area contributed by atoms with Crippen molar-refractivity contribution >= 4 is 13.7 Å². The highest BCUT2D eigenvalue weighted by Gasteiger charge is 2.24. The van der Waals surface area contributed by atoms with Gasteiger partial charge in [0.05, 0.1) is 39.9 Å². The van der Waals surface area contributed by atoms with Crippen molar-refractivity contribution in [1.29, 1.82) is 0 Å². The van der Waals surface area contributed by atoms with Crippen LogP contribution < -0.4 is 10.2 Å². The van der Waals surface area contributed by atoms with Crippen molar-refractivity contribution in [2.75, 3.05) is 40.9 Å². The number of carbonyl (C=O) groups excluding carboxylic acids is 1. The molecule has 9 heteroatoms. The summed E-state index contributed by atoms with van der Waals surface area (Å²) in [5, 5.41) is 14.0. The number of allylic oxidation sites excluding steroid dienone is 8. The molecule has 0 rings (SSSR count). The van der Waals surface area contributed by atoms with E-state index in [1.807, 2.05) is 21.1 Å². The molecule has 0 aliphatic heterocycles. The van der Waals surface area contributed by atoms with E-state index in [1.165, 1.54) is 173 Å². The summed E-state index contributed by atoms with van der Waals surface area (Å²) in [6, 6.07) is -0.798. The minimum Gasteiger partial charge on any atom is -0.756 e. The second kappa shape index (κ2) is 49.4. The Morgan fingerprint density at radius 3 is 1.33 bits per heavy atom. The van der Waals surface area contributed by atoms with Gasteiger partial charge in [0.2, 0.25) is 5.91 Å². The molecular weight excluding hydrogens is 852 g/mol. The van der Waals surface area contributed by atoms with Gasteiger partial charge in [0, 0.05) is 6.42 Å². The van der Waals surface area contributed by atoms with Gasteiger partial charge in [-0.3, -0.25) is 9.36 Å². The van der Waals surface area contributed by atoms with E-state index in [-0.39, 0.29) is 19.1 Å². The number of phosphoric ester groups is 1. The molecule has 0 aliphatic rings. The van der Waals surface area contributed by atoms with E-state index in [0.29, 0.717) is 23.9 Å². The predicted octanol–water partition coefficient (Wildman–Crippen LogP) is 16.5. The van der Waals surface area contributed by atoms with Crippen LogP contribution in [-0.2, 0) is 18.4 Å². The second-order valence-electron chi connectivity index (χ2n) is 20.6. The average Bonchev–Trinajstić information content (AvgIpc) is 3.29. The Bertz CT molecular complexity index is 1230. The molecule has 67 heavy (non-hydrogen) atoms. The van der Waals surface area contributed by atoms with Crippen LogP contribution in [0.4, 0.5) is 0 Å². The van der Waals surface area contributed by atoms with Crippen LogP contribution in [0.3, 0.4) is 0 Å². The van der Waals surface area contributed by atoms with Gasteiger partial charge >= 0.3 is 0 Å². The molecule has 0 aromatic rings. The fourth-order valence-corrected chi connectivity index (χ4v) is 9.11. The molecule has 0 saturated heterocycles. The van der Waals surface area contributed by atoms with E-state index in [0.717, 1.165) is 64.2 Å². The lowest BCUT2D eigenvalue weighted by atomic mass is 10.0. The standard InChI is InChI=1S/C58H111N2O6P/c1-6-8-10-12-14-16-18-20-21-22-23-24-25-26-27-28-29-30-31-32-33-34-35-36-37-38-39-40-42-44-46-48-50-52-58(62)59-56(55-66-67(63,64)65-54-53-60(3,4)5)57(61)51-49-47-45-43-41-19-17-15-13-11-9-7-2/h8,10,14,16,20-21,23-24,56-57,61H,6-7,9,11-13,15,17-19,22,25-55H2,1-5H3,(H-,59,62,63,64)/b10-8-,16-14-,21-20-,24-23-. The monoisotopic (exact) mass is 963 g/mol. The summed E-state index contributed by atoms with van der Waals surface area (Å²) >= 11 is 0. The molecule has 3 atom stereocenters. The highest BCUT2D eigenvalue weighted by atomic mass is 31.2. The number of phosphoric acid groups is 1. The van der Waals surface area contributed by atoms with Gasteiger partial charge in [-0.15, -0.1) is 0 Å². The van der Waals surface area contributed by atoms with Gasteiger partial charge in [-0.2, -0.15) is 0 Å². The van der Waals surface area contributed by atoms with Crippen molar-refractivity contribution in [3.63, 3.8) is 0 Å². The Hall–Kier alpha value is -1.54. The third kappa shape index (κ3) is 52.1. The van der Waals surface area contributed by atoms with Crippen LogP contribution >= 0.6 is 7.82 Å². The summed E-state index contributed by atoms with van der Waals surface area (Å²) in [5.41, 5.74) is 0. The van der Waals surface area contributed by atoms with Gasteiger partial charge in [-0.1, -0.05) is 255 Å². The highest BCUT2D eigenvalue weighted by molar-refractivity contribution is 7.45. The van der Waals surface area contributed by atoms with Gasteiger partial charge in [0.1, 0.15) is 13.2 Å². The van der Waals surface area contributed by atoms with Crippen molar-refractivity contribution < 1.29 is 32.9 Å². The first-order valence-electron chi connectivity index (χ1n) is 28.5. The second-order valence-corrected chi connectivity index (χ2v) is 22.0. The Morgan fingerprint density at radius 2 is 0.910 bits per heavy atom. The minimum absolute atomic E-state index is 0.0131. The Balaban J connectivity index is 3.96. The number of hydrogen-bond acceptors (Lipinski definition) is 6. The number of nitrogens with one attached hydrogen (secondary N) is 1. The van der Waals surface area contributed by atoms with Crippen LogP contribution in [-0.4, -0.2) is 68.5 Å². The van der Waals surface area contributed by atoms with Crippen LogP contribution in [0.1, 0.15) is 264 Å². The normalized spacial score (nSPS) is 14.3. The zero-order chi connectivity index (χ0) is 49.2. The number of aliphatic hydroxyl groups excluding tert-OH is 1. The van der Waals surface area contributed by atoms with E-state index >= 15 is 0 Å². The number of aliphatic hydroxyl groups is 1. The molecule has 0 radical (unpaired) electrons. The number of nitrogens with zero attached hydrogens (tertiary/aromatic N) is 1. The van der Waals surface area contributed by atoms with Crippen molar-refractivity contribution in [1.82, 2.24) is 5.32 Å². The van der Waals surface area contributed by atoms with E-state index in [9.17, 15) is 19.4 Å². The largest absolute Gasteiger partial charge is 0.756 e. The van der Waals surface area contributed by atoms with E-state index in [4.69, 9.17) is 9.05 Å². The number of hydrogen-bond donors (Lipinski definition) is 2. The molecular formula is C58H111N2O6P. The summed E-state index contributed by atoms with van der Waals surface area (Å²) in [6.07, 6.45) is 64.4. The maximum absolute atomic E-state index is 12.9. The van der Waals surface area contributed by atoms with Crippen molar-refractivity contribution in [2.45, 2.75) is 276 Å². The molecule has 0 aromatic carbocycles. The van der Waals surface area contributed by atoms with Gasteiger partial charge in [-0.05, 0) is 51.4 Å². The Labute approximate surface area is 416 Å². The zero-order valence-corrected chi connectivity index (χ0v) is 45.7. The van der Waals surface area contributed by atoms with E-state index in [2.05, 4.69) is 67.8 Å². The maximum atomic E-state index is 12.9. The molecule has 3 unspecified atom stereocenters. The number of unbranched alkanes of at least 4 members (excludes halogenated alkanes) is 31. The molecule has 1 amide bonds. The first-order chi connectivity index (χ1) is 32.5. The molecule has 0 aromatic heterocycles. The van der Waals surface area contributed by atoms with Crippen LogP contribution in [0, 0.1) is 0 Å². The molecule has 0 saturated carbocycles. The molecule has 8 nitrogen and oxygen atoms in total. The van der Waals surface area contributed by atoms with E-state index < -0.39 is 20.0 Å². The minimum atomic E-state index is -4.57. The summed E-state index contributed by atoms with van der Waals surface area (Å²) in [5.74, 6) is -0.163. The molecule has 0 bridgehead atoms. The summed E-state index contributed by atoms with van der Waals surface area (Å²) < 4.78 is 23.4. The fourth-order valence-electron chi connectivity index (χ4n) is 8.39. The highest BCUT2D eigenvalue weighted by Crippen LogP contribution is 2.38. The van der Waals surface area contributed by atoms with Crippen molar-refractivity contribution in [2.24, 2.45) is 0 Å². The van der Waals surface area contributed by atoms with Gasteiger partial charge in [0.15, 0.2) is 0 Å². The molecule has 0 fully saturated rings. The number of likely N-dealkylation sites (N-methyl/N-ethyl adjacent to an activating group) is 1. The first-order valence-corrected chi connectivity index (χ1v) is 29.9. The number of amides is 1. The molecule has 0 aliphatic carbocycles. The topological polar surface area (TPSA) is 108 Å². The third-order valence-corrected chi connectivity index (χ3v) is 13.8. The van der Waals surface area contributed by atoms with Gasteiger partial charge in [-0.25, -0.2) is 0 Å². The summed E-state index contributed by atoms with van der Waals surface area (Å²) in [4.78, 5) is 25.5. The van der Waals surface area contributed by atoms with Crippen LogP contribution in [0.15, 0.2) is 48.6 Å². The predicted molar refractivity (Wildman–Crippen MR) is 288 cm³/mol. The number of quaternary nitrogens is 1. The maximum Gasteiger partial charge on any atom is 0.268 e.